The van der Waals surface area contributed by atoms with Gasteiger partial charge in [-0.15, -0.1) is 10.2 Å². The van der Waals surface area contributed by atoms with Gasteiger partial charge in [-0.3, -0.25) is 4.79 Å². The van der Waals surface area contributed by atoms with E-state index in [1.165, 1.54) is 0 Å². The Kier molecular flexibility index (Phi) is 3.75. The third-order valence-electron chi connectivity index (χ3n) is 1.96. The zero-order chi connectivity index (χ0) is 9.26. The molecule has 1 aromatic rings. The van der Waals surface area contributed by atoms with E-state index in [4.69, 9.17) is 0 Å². The standard InChI is InChI=1S/C10H8N2O.Na/c1-7-9(11-12-10(7)13)8-5-3-2-4-6-8;/h2-6H,1H3;. The zero-order valence-electron chi connectivity index (χ0n) is 8.19. The van der Waals surface area contributed by atoms with Crippen LogP contribution in [0.5, 0.6) is 0 Å². The quantitative estimate of drug-likeness (QED) is 0.632. The van der Waals surface area contributed by atoms with Gasteiger partial charge in [-0.05, 0) is 6.92 Å². The molecule has 0 N–H and O–H groups in total. The Morgan fingerprint density at radius 1 is 1.07 bits per heavy atom. The summed E-state index contributed by atoms with van der Waals surface area (Å²) in [5, 5.41) is 7.31. The Labute approximate surface area is 104 Å². The van der Waals surface area contributed by atoms with E-state index in [0.717, 1.165) is 5.56 Å². The van der Waals surface area contributed by atoms with Crippen LogP contribution in [0.4, 0.5) is 0 Å². The minimum Gasteiger partial charge on any atom is -0.265 e. The maximum atomic E-state index is 11.0. The van der Waals surface area contributed by atoms with Crippen LogP contribution in [0.1, 0.15) is 12.5 Å². The number of rotatable bonds is 1. The van der Waals surface area contributed by atoms with Crippen LogP contribution in [0.2, 0.25) is 0 Å². The molecule has 0 aliphatic carbocycles. The fourth-order valence-corrected chi connectivity index (χ4v) is 1.22. The number of amides is 1. The van der Waals surface area contributed by atoms with E-state index < -0.39 is 0 Å². The largest absolute Gasteiger partial charge is 0.293 e. The second kappa shape index (κ2) is 4.64. The molecule has 0 unspecified atom stereocenters. The van der Waals surface area contributed by atoms with Crippen molar-refractivity contribution in [2.75, 3.05) is 0 Å². The van der Waals surface area contributed by atoms with E-state index >= 15 is 0 Å². The summed E-state index contributed by atoms with van der Waals surface area (Å²) in [6.45, 7) is 1.74. The molecule has 3 nitrogen and oxygen atoms in total. The molecule has 1 heterocycles. The molecule has 1 amide bonds. The molecular weight excluding hydrogens is 187 g/mol. The predicted molar refractivity (Wildman–Crippen MR) is 54.7 cm³/mol. The van der Waals surface area contributed by atoms with Crippen molar-refractivity contribution in [2.24, 2.45) is 10.2 Å². The van der Waals surface area contributed by atoms with Gasteiger partial charge in [0.1, 0.15) is 5.70 Å². The Morgan fingerprint density at radius 2 is 1.71 bits per heavy atom. The summed E-state index contributed by atoms with van der Waals surface area (Å²) in [5.41, 5.74) is 2.24. The van der Waals surface area contributed by atoms with Gasteiger partial charge in [-0.25, -0.2) is 0 Å². The van der Waals surface area contributed by atoms with Crippen LogP contribution >= 0.6 is 0 Å². The number of carbonyl (C=O) groups excluding carboxylic acids is 1. The smallest absolute Gasteiger partial charge is 0.265 e. The number of hydrogen-bond donors (Lipinski definition) is 0. The molecule has 1 aliphatic rings. The number of benzene rings is 1. The summed E-state index contributed by atoms with van der Waals surface area (Å²) in [6.07, 6.45) is 0. The average Bonchev–Trinajstić information content (AvgIpc) is 2.49. The SMILES string of the molecule is CC1=C(c2ccccc2)N=NC1=O.[Na]. The average molecular weight is 195 g/mol. The topological polar surface area (TPSA) is 41.8 Å². The maximum absolute atomic E-state index is 11.0. The molecule has 2 rings (SSSR count). The predicted octanol–water partition coefficient (Wildman–Crippen LogP) is 2.03. The minimum absolute atomic E-state index is 0. The van der Waals surface area contributed by atoms with Gasteiger partial charge in [0.15, 0.2) is 0 Å². The van der Waals surface area contributed by atoms with Crippen LogP contribution in [-0.2, 0) is 4.79 Å². The van der Waals surface area contributed by atoms with Crippen LogP contribution in [0.15, 0.2) is 46.1 Å². The molecule has 0 saturated heterocycles. The van der Waals surface area contributed by atoms with Crippen molar-refractivity contribution in [3.8, 4) is 0 Å². The molecule has 1 aromatic carbocycles. The van der Waals surface area contributed by atoms with Crippen LogP contribution in [0.25, 0.3) is 5.70 Å². The van der Waals surface area contributed by atoms with E-state index in [-0.39, 0.29) is 35.5 Å². The fourth-order valence-electron chi connectivity index (χ4n) is 1.22. The molecule has 0 spiro atoms. The first-order chi connectivity index (χ1) is 6.29. The van der Waals surface area contributed by atoms with E-state index in [9.17, 15) is 4.79 Å². The van der Waals surface area contributed by atoms with E-state index in [1.54, 1.807) is 6.92 Å². The minimum atomic E-state index is -0.237. The number of nitrogens with zero attached hydrogens (tertiary/aromatic N) is 2. The summed E-state index contributed by atoms with van der Waals surface area (Å²) in [6, 6.07) is 9.57. The van der Waals surface area contributed by atoms with Crippen molar-refractivity contribution in [1.82, 2.24) is 0 Å². The van der Waals surface area contributed by atoms with Crippen molar-refractivity contribution in [2.45, 2.75) is 6.92 Å². The van der Waals surface area contributed by atoms with Gasteiger partial charge in [0, 0.05) is 40.7 Å². The van der Waals surface area contributed by atoms with Gasteiger partial charge in [0.05, 0.1) is 0 Å². The summed E-state index contributed by atoms with van der Waals surface area (Å²) in [7, 11) is 0. The molecule has 65 valence electrons. The van der Waals surface area contributed by atoms with Crippen molar-refractivity contribution in [3.63, 3.8) is 0 Å². The molecule has 0 saturated carbocycles. The monoisotopic (exact) mass is 195 g/mol. The van der Waals surface area contributed by atoms with E-state index in [0.29, 0.717) is 11.3 Å². The number of carbonyl (C=O) groups is 1. The van der Waals surface area contributed by atoms with Crippen LogP contribution in [0.3, 0.4) is 0 Å². The number of azo groups is 1. The van der Waals surface area contributed by atoms with E-state index in [2.05, 4.69) is 10.2 Å². The zero-order valence-corrected chi connectivity index (χ0v) is 10.2. The Bertz CT molecular complexity index is 409. The Morgan fingerprint density at radius 3 is 2.21 bits per heavy atom. The van der Waals surface area contributed by atoms with Gasteiger partial charge in [0.25, 0.3) is 5.91 Å². The van der Waals surface area contributed by atoms with E-state index in [1.807, 2.05) is 30.3 Å². The molecule has 0 aromatic heterocycles. The Balaban J connectivity index is 0.000000980. The van der Waals surface area contributed by atoms with Crippen molar-refractivity contribution in [1.29, 1.82) is 0 Å². The second-order valence-corrected chi connectivity index (χ2v) is 2.84. The first-order valence-electron chi connectivity index (χ1n) is 4.01. The maximum Gasteiger partial charge on any atom is 0.293 e. The van der Waals surface area contributed by atoms with Crippen molar-refractivity contribution >= 4 is 41.2 Å². The van der Waals surface area contributed by atoms with Gasteiger partial charge >= 0.3 is 0 Å². The van der Waals surface area contributed by atoms with Crippen molar-refractivity contribution < 1.29 is 4.79 Å². The molecule has 14 heavy (non-hydrogen) atoms. The van der Waals surface area contributed by atoms with Gasteiger partial charge in [0.2, 0.25) is 0 Å². The fraction of sp³-hybridized carbons (Fsp3) is 0.100. The van der Waals surface area contributed by atoms with Gasteiger partial charge in [-0.2, -0.15) is 0 Å². The second-order valence-electron chi connectivity index (χ2n) is 2.84. The first kappa shape index (κ1) is 11.3. The van der Waals surface area contributed by atoms with Crippen molar-refractivity contribution in [3.05, 3.63) is 41.5 Å². The number of hydrogen-bond acceptors (Lipinski definition) is 2. The summed E-state index contributed by atoms with van der Waals surface area (Å²) in [4.78, 5) is 11.0. The third kappa shape index (κ3) is 2.00. The third-order valence-corrected chi connectivity index (χ3v) is 1.96. The first-order valence-corrected chi connectivity index (χ1v) is 4.01. The van der Waals surface area contributed by atoms with Crippen LogP contribution in [0, 0.1) is 0 Å². The molecule has 1 aliphatic heterocycles. The molecule has 0 atom stereocenters. The molecule has 1 radical (unpaired) electrons. The molecule has 0 fully saturated rings. The summed E-state index contributed by atoms with van der Waals surface area (Å²) < 4.78 is 0. The summed E-state index contributed by atoms with van der Waals surface area (Å²) >= 11 is 0. The van der Waals surface area contributed by atoms with Crippen LogP contribution in [-0.4, -0.2) is 35.5 Å². The van der Waals surface area contributed by atoms with Crippen LogP contribution < -0.4 is 0 Å². The van der Waals surface area contributed by atoms with Gasteiger partial charge < -0.3 is 0 Å². The Hall–Kier alpha value is -0.770. The molecule has 0 bridgehead atoms. The normalized spacial score (nSPS) is 14.5. The molecular formula is C10H8N2NaO. The van der Waals surface area contributed by atoms with Gasteiger partial charge in [-0.1, -0.05) is 30.3 Å². The molecule has 4 heteroatoms. The summed E-state index contributed by atoms with van der Waals surface area (Å²) in [5.74, 6) is -0.237.